The first-order chi connectivity index (χ1) is 14.2. The van der Waals surface area contributed by atoms with E-state index >= 15 is 0 Å². The molecule has 1 amide bonds. The molecule has 1 fully saturated rings. The Morgan fingerprint density at radius 2 is 1.77 bits per heavy atom. The van der Waals surface area contributed by atoms with Gasteiger partial charge in [0, 0.05) is 32.2 Å². The van der Waals surface area contributed by atoms with Crippen LogP contribution in [-0.4, -0.2) is 61.5 Å². The van der Waals surface area contributed by atoms with Crippen LogP contribution in [0, 0.1) is 19.8 Å². The van der Waals surface area contributed by atoms with Gasteiger partial charge in [0.15, 0.2) is 5.76 Å². The minimum Gasteiger partial charge on any atom is -0.360 e. The molecule has 0 saturated carbocycles. The maximum atomic E-state index is 13.1. The van der Waals surface area contributed by atoms with Crippen LogP contribution in [0.1, 0.15) is 30.9 Å². The quantitative estimate of drug-likeness (QED) is 0.716. The predicted octanol–water partition coefficient (Wildman–Crippen LogP) is 1.94. The van der Waals surface area contributed by atoms with Gasteiger partial charge in [0.05, 0.1) is 17.1 Å². The van der Waals surface area contributed by atoms with Gasteiger partial charge in [0.1, 0.15) is 6.04 Å². The summed E-state index contributed by atoms with van der Waals surface area (Å²) in [5.41, 5.74) is 1.82. The van der Waals surface area contributed by atoms with Crippen molar-refractivity contribution < 1.29 is 17.7 Å². The van der Waals surface area contributed by atoms with Crippen LogP contribution in [-0.2, 0) is 21.4 Å². The van der Waals surface area contributed by atoms with Gasteiger partial charge in [-0.2, -0.15) is 4.72 Å². The van der Waals surface area contributed by atoms with Crippen molar-refractivity contribution in [3.63, 3.8) is 0 Å². The smallest absolute Gasteiger partial charge is 0.241 e. The number of carbonyl (C=O) groups is 1. The Morgan fingerprint density at radius 1 is 1.13 bits per heavy atom. The van der Waals surface area contributed by atoms with Gasteiger partial charge in [0.25, 0.3) is 0 Å². The number of aromatic nitrogens is 1. The molecule has 0 aliphatic carbocycles. The molecule has 1 atom stereocenters. The molecular weight excluding hydrogens is 404 g/mol. The fourth-order valence-electron chi connectivity index (χ4n) is 3.46. The Labute approximate surface area is 178 Å². The molecule has 0 unspecified atom stereocenters. The number of piperazine rings is 1. The van der Waals surface area contributed by atoms with Crippen molar-refractivity contribution in [2.24, 2.45) is 5.92 Å². The van der Waals surface area contributed by atoms with Gasteiger partial charge < -0.3 is 9.42 Å². The molecule has 1 aromatic carbocycles. The second-order valence-corrected chi connectivity index (χ2v) is 9.91. The number of amides is 1. The van der Waals surface area contributed by atoms with Crippen molar-refractivity contribution in [3.05, 3.63) is 47.3 Å². The van der Waals surface area contributed by atoms with Crippen LogP contribution in [0.25, 0.3) is 0 Å². The highest BCUT2D eigenvalue weighted by Crippen LogP contribution is 2.16. The molecule has 0 bridgehead atoms. The van der Waals surface area contributed by atoms with E-state index in [1.165, 1.54) is 0 Å². The van der Waals surface area contributed by atoms with Crippen molar-refractivity contribution in [2.45, 2.75) is 45.2 Å². The SMILES string of the molecule is Cc1ccc(S(=O)(=O)N[C@H](C(=O)N2CCN(Cc3cc(C)no3)CC2)C(C)C)cc1. The molecule has 0 radical (unpaired) electrons. The summed E-state index contributed by atoms with van der Waals surface area (Å²) >= 11 is 0. The molecule has 2 aromatic rings. The maximum Gasteiger partial charge on any atom is 0.241 e. The minimum atomic E-state index is -3.78. The van der Waals surface area contributed by atoms with E-state index in [0.29, 0.717) is 32.7 Å². The highest BCUT2D eigenvalue weighted by molar-refractivity contribution is 7.89. The third-order valence-electron chi connectivity index (χ3n) is 5.29. The first-order valence-corrected chi connectivity index (χ1v) is 11.7. The van der Waals surface area contributed by atoms with Gasteiger partial charge >= 0.3 is 0 Å². The summed E-state index contributed by atoms with van der Waals surface area (Å²) in [6.45, 7) is 10.6. The minimum absolute atomic E-state index is 0.165. The molecule has 1 aliphatic rings. The predicted molar refractivity (Wildman–Crippen MR) is 113 cm³/mol. The van der Waals surface area contributed by atoms with Crippen LogP contribution in [0.15, 0.2) is 39.8 Å². The summed E-state index contributed by atoms with van der Waals surface area (Å²) in [6, 6.07) is 7.71. The molecule has 1 N–H and O–H groups in total. The zero-order chi connectivity index (χ0) is 21.9. The molecular formula is C21H30N4O4S. The van der Waals surface area contributed by atoms with Crippen LogP contribution in [0.3, 0.4) is 0 Å². The van der Waals surface area contributed by atoms with Gasteiger partial charge in [-0.3, -0.25) is 9.69 Å². The fraction of sp³-hybridized carbons (Fsp3) is 0.524. The van der Waals surface area contributed by atoms with Crippen molar-refractivity contribution in [1.29, 1.82) is 0 Å². The van der Waals surface area contributed by atoms with Crippen molar-refractivity contribution in [2.75, 3.05) is 26.2 Å². The van der Waals surface area contributed by atoms with Crippen molar-refractivity contribution in [1.82, 2.24) is 19.7 Å². The van der Waals surface area contributed by atoms with Gasteiger partial charge in [-0.25, -0.2) is 8.42 Å². The van der Waals surface area contributed by atoms with E-state index in [4.69, 9.17) is 4.52 Å². The van der Waals surface area contributed by atoms with Crippen LogP contribution in [0.5, 0.6) is 0 Å². The standard InChI is InChI=1S/C21H30N4O4S/c1-15(2)20(23-30(27,28)19-7-5-16(3)6-8-19)21(26)25-11-9-24(10-12-25)14-18-13-17(4)22-29-18/h5-8,13,15,20,23H,9-12,14H2,1-4H3/t20-/m0/s1. The first-order valence-electron chi connectivity index (χ1n) is 10.2. The van der Waals surface area contributed by atoms with Crippen LogP contribution < -0.4 is 4.72 Å². The number of nitrogens with one attached hydrogen (secondary N) is 1. The van der Waals surface area contributed by atoms with Crippen molar-refractivity contribution in [3.8, 4) is 0 Å². The lowest BCUT2D eigenvalue weighted by atomic mass is 10.0. The van der Waals surface area contributed by atoms with E-state index in [1.807, 2.05) is 33.8 Å². The average molecular weight is 435 g/mol. The third kappa shape index (κ3) is 5.47. The normalized spacial score (nSPS) is 16.8. The molecule has 8 nitrogen and oxygen atoms in total. The monoisotopic (exact) mass is 434 g/mol. The van der Waals surface area contributed by atoms with Crippen LogP contribution in [0.4, 0.5) is 0 Å². The highest BCUT2D eigenvalue weighted by Gasteiger charge is 2.33. The second kappa shape index (κ2) is 9.28. The maximum absolute atomic E-state index is 13.1. The molecule has 30 heavy (non-hydrogen) atoms. The lowest BCUT2D eigenvalue weighted by Crippen LogP contribution is -2.56. The van der Waals surface area contributed by atoms with Gasteiger partial charge in [-0.1, -0.05) is 36.7 Å². The molecule has 3 rings (SSSR count). The van der Waals surface area contributed by atoms with Crippen LogP contribution in [0.2, 0.25) is 0 Å². The largest absolute Gasteiger partial charge is 0.360 e. The highest BCUT2D eigenvalue weighted by atomic mass is 32.2. The Morgan fingerprint density at radius 3 is 2.30 bits per heavy atom. The number of rotatable bonds is 7. The fourth-order valence-corrected chi connectivity index (χ4v) is 4.80. The summed E-state index contributed by atoms with van der Waals surface area (Å²) < 4.78 is 33.5. The Balaban J connectivity index is 1.62. The molecule has 1 saturated heterocycles. The number of benzene rings is 1. The average Bonchev–Trinajstić information content (AvgIpc) is 3.11. The third-order valence-corrected chi connectivity index (χ3v) is 6.74. The molecule has 9 heteroatoms. The van der Waals surface area contributed by atoms with Crippen LogP contribution >= 0.6 is 0 Å². The number of carbonyl (C=O) groups excluding carboxylic acids is 1. The van der Waals surface area contributed by atoms with E-state index in [-0.39, 0.29) is 16.7 Å². The number of hydrogen-bond acceptors (Lipinski definition) is 6. The molecule has 1 aliphatic heterocycles. The number of sulfonamides is 1. The molecule has 164 valence electrons. The molecule has 2 heterocycles. The van der Waals surface area contributed by atoms with E-state index in [1.54, 1.807) is 29.2 Å². The van der Waals surface area contributed by atoms with E-state index in [2.05, 4.69) is 14.8 Å². The molecule has 0 spiro atoms. The Bertz CT molecular complexity index is 961. The van der Waals surface area contributed by atoms with Gasteiger partial charge in [-0.05, 0) is 31.9 Å². The Hall–Kier alpha value is -2.23. The van der Waals surface area contributed by atoms with Gasteiger partial charge in [0.2, 0.25) is 15.9 Å². The van der Waals surface area contributed by atoms with Gasteiger partial charge in [-0.15, -0.1) is 0 Å². The van der Waals surface area contributed by atoms with Crippen molar-refractivity contribution >= 4 is 15.9 Å². The summed E-state index contributed by atoms with van der Waals surface area (Å²) in [7, 11) is -3.78. The molecule has 1 aromatic heterocycles. The summed E-state index contributed by atoms with van der Waals surface area (Å²) in [5.74, 6) is 0.446. The lowest BCUT2D eigenvalue weighted by Gasteiger charge is -2.36. The number of aryl methyl sites for hydroxylation is 2. The summed E-state index contributed by atoms with van der Waals surface area (Å²) in [5, 5.41) is 3.90. The number of hydrogen-bond donors (Lipinski definition) is 1. The topological polar surface area (TPSA) is 95.8 Å². The zero-order valence-electron chi connectivity index (χ0n) is 18.0. The van der Waals surface area contributed by atoms with E-state index in [0.717, 1.165) is 17.0 Å². The first kappa shape index (κ1) is 22.5. The summed E-state index contributed by atoms with van der Waals surface area (Å²) in [4.78, 5) is 17.2. The number of nitrogens with zero attached hydrogens (tertiary/aromatic N) is 3. The lowest BCUT2D eigenvalue weighted by molar-refractivity contribution is -0.135. The second-order valence-electron chi connectivity index (χ2n) is 8.19. The van der Waals surface area contributed by atoms with E-state index in [9.17, 15) is 13.2 Å². The zero-order valence-corrected chi connectivity index (χ0v) is 18.8. The van der Waals surface area contributed by atoms with E-state index < -0.39 is 16.1 Å². The summed E-state index contributed by atoms with van der Waals surface area (Å²) in [6.07, 6.45) is 0. The Kier molecular flexibility index (Phi) is 6.95.